The Balaban J connectivity index is 1.44. The molecule has 268 valence electrons. The first-order valence-electron chi connectivity index (χ1n) is 17.6. The number of H-pyrrole nitrogens is 1. The smallest absolute Gasteiger partial charge is 0.354 e. The van der Waals surface area contributed by atoms with Crippen molar-refractivity contribution in [2.75, 3.05) is 0 Å². The monoisotopic (exact) mass is 748 g/mol. The van der Waals surface area contributed by atoms with Gasteiger partial charge in [0, 0.05) is 39.2 Å². The van der Waals surface area contributed by atoms with Crippen molar-refractivity contribution in [3.05, 3.63) is 214 Å². The van der Waals surface area contributed by atoms with E-state index in [0.29, 0.717) is 28.2 Å². The second-order valence-electron chi connectivity index (χ2n) is 13.3. The van der Waals surface area contributed by atoms with E-state index >= 15 is 17.6 Å². The van der Waals surface area contributed by atoms with E-state index in [-0.39, 0.29) is 28.1 Å². The van der Waals surface area contributed by atoms with Gasteiger partial charge in [-0.15, -0.1) is 0 Å². The molecule has 5 heterocycles. The zero-order valence-electron chi connectivity index (χ0n) is 28.9. The van der Waals surface area contributed by atoms with E-state index in [0.717, 1.165) is 33.0 Å². The number of aliphatic imine (C=N–C) groups is 3. The number of alkyl halides is 5. The molecule has 9 rings (SSSR count). The summed E-state index contributed by atoms with van der Waals surface area (Å²) in [5.74, 6) is -7.11. The summed E-state index contributed by atoms with van der Waals surface area (Å²) in [6.07, 6.45) is 8.31. The van der Waals surface area contributed by atoms with Crippen molar-refractivity contribution in [3.8, 4) is 0 Å². The van der Waals surface area contributed by atoms with Crippen molar-refractivity contribution in [1.82, 2.24) is 4.98 Å². The van der Waals surface area contributed by atoms with Gasteiger partial charge >= 0.3 is 11.3 Å². The van der Waals surface area contributed by atoms with Crippen LogP contribution in [0.3, 0.4) is 0 Å². The minimum absolute atomic E-state index is 0.150. The SMILES string of the molecule is FC(F)(Cl)C(F)(F)C1C2=CN=C1C(c1ccccc1)=C1C=CC(=N1)C(c1ccccc1)=c1ccc([nH]1)=C(c1ccccc1)C1=NC(=C2c2ccccc2)C=C1. The zero-order chi connectivity index (χ0) is 37.7. The molecule has 0 spiro atoms. The van der Waals surface area contributed by atoms with Crippen LogP contribution in [0.25, 0.3) is 22.3 Å². The Labute approximate surface area is 318 Å². The highest BCUT2D eigenvalue weighted by Gasteiger charge is 2.64. The van der Waals surface area contributed by atoms with Crippen LogP contribution in [0.1, 0.15) is 22.3 Å². The van der Waals surface area contributed by atoms with Crippen molar-refractivity contribution < 1.29 is 17.6 Å². The number of halogens is 5. The molecule has 0 aliphatic carbocycles. The van der Waals surface area contributed by atoms with Crippen LogP contribution in [0, 0.1) is 5.92 Å². The number of hydrogen-bond donors (Lipinski definition) is 1. The number of benzene rings is 4. The molecule has 1 N–H and O–H groups in total. The molecule has 0 saturated carbocycles. The van der Waals surface area contributed by atoms with Crippen molar-refractivity contribution in [2.24, 2.45) is 20.9 Å². The van der Waals surface area contributed by atoms with Gasteiger partial charge in [0.05, 0.1) is 28.5 Å². The molecule has 1 aromatic heterocycles. The zero-order valence-corrected chi connectivity index (χ0v) is 29.7. The van der Waals surface area contributed by atoms with Gasteiger partial charge in [-0.05, 0) is 75.9 Å². The van der Waals surface area contributed by atoms with E-state index in [1.54, 1.807) is 78.9 Å². The molecule has 0 fully saturated rings. The molecule has 4 nitrogen and oxygen atoms in total. The minimum Gasteiger partial charge on any atom is -0.354 e. The average molecular weight is 749 g/mol. The first kappa shape index (κ1) is 34.4. The Morgan fingerprint density at radius 3 is 1.33 bits per heavy atom. The number of hydrogen-bond acceptors (Lipinski definition) is 3. The third-order valence-corrected chi connectivity index (χ3v) is 10.2. The number of nitrogens with one attached hydrogen (secondary N) is 1. The highest BCUT2D eigenvalue weighted by Crippen LogP contribution is 2.53. The summed E-state index contributed by atoms with van der Waals surface area (Å²) in [5.41, 5.74) is 5.84. The lowest BCUT2D eigenvalue weighted by atomic mass is 9.78. The van der Waals surface area contributed by atoms with E-state index in [2.05, 4.69) is 9.98 Å². The van der Waals surface area contributed by atoms with Gasteiger partial charge in [0.15, 0.2) is 0 Å². The summed E-state index contributed by atoms with van der Waals surface area (Å²) in [5, 5.41) is -3.44. The molecule has 1 unspecified atom stereocenters. The van der Waals surface area contributed by atoms with Crippen LogP contribution in [0.5, 0.6) is 0 Å². The third-order valence-electron chi connectivity index (χ3n) is 9.99. The molecule has 5 aromatic rings. The lowest BCUT2D eigenvalue weighted by molar-refractivity contribution is -0.168. The number of rotatable bonds is 6. The molecular formula is C46H29ClF4N4. The summed E-state index contributed by atoms with van der Waals surface area (Å²) in [4.78, 5) is 18.4. The number of aromatic amines is 1. The van der Waals surface area contributed by atoms with Crippen molar-refractivity contribution in [3.63, 3.8) is 0 Å². The van der Waals surface area contributed by atoms with Crippen LogP contribution in [0.4, 0.5) is 17.6 Å². The van der Waals surface area contributed by atoms with E-state index in [4.69, 9.17) is 21.6 Å². The highest BCUT2D eigenvalue weighted by molar-refractivity contribution is 6.34. The number of nitrogens with zero attached hydrogens (tertiary/aromatic N) is 3. The molecule has 0 amide bonds. The maximum atomic E-state index is 16.7. The summed E-state index contributed by atoms with van der Waals surface area (Å²) in [7, 11) is 0. The predicted molar refractivity (Wildman–Crippen MR) is 213 cm³/mol. The maximum absolute atomic E-state index is 16.7. The Morgan fingerprint density at radius 1 is 0.491 bits per heavy atom. The van der Waals surface area contributed by atoms with Crippen molar-refractivity contribution >= 4 is 51.0 Å². The molecule has 4 aromatic carbocycles. The van der Waals surface area contributed by atoms with Crippen molar-refractivity contribution in [2.45, 2.75) is 11.3 Å². The molecule has 55 heavy (non-hydrogen) atoms. The van der Waals surface area contributed by atoms with E-state index < -0.39 is 17.2 Å². The van der Waals surface area contributed by atoms with Crippen LogP contribution in [0.2, 0.25) is 0 Å². The van der Waals surface area contributed by atoms with Crippen molar-refractivity contribution in [1.29, 1.82) is 0 Å². The summed E-state index contributed by atoms with van der Waals surface area (Å²) in [6, 6.07) is 40.9. The Morgan fingerprint density at radius 2 is 0.891 bits per heavy atom. The topological polar surface area (TPSA) is 52.9 Å². The van der Waals surface area contributed by atoms with Gasteiger partial charge in [0.25, 0.3) is 0 Å². The minimum atomic E-state index is -4.95. The molecule has 4 aliphatic rings. The fourth-order valence-corrected chi connectivity index (χ4v) is 7.65. The standard InChI is InChI=1S/C46H29ClF4N4/c47-46(50,51)45(48,49)43-32-27-52-44(43)42(31-19-11-4-12-20-31)38-26-25-37(55-38)41(30-17-9-3-10-18-30)36-24-23-35(54-36)40(29-15-7-2-8-16-29)34-22-21-33(53-34)39(32)28-13-5-1-6-14-28/h1-27,43,54H. The quantitative estimate of drug-likeness (QED) is 0.133. The number of aromatic nitrogens is 1. The summed E-state index contributed by atoms with van der Waals surface area (Å²) >= 11 is 5.38. The van der Waals surface area contributed by atoms with Gasteiger partial charge in [-0.1, -0.05) is 121 Å². The number of fused-ring (bicyclic) bond motifs is 6. The van der Waals surface area contributed by atoms with Crippen LogP contribution in [-0.4, -0.2) is 33.4 Å². The molecule has 8 bridgehead atoms. The van der Waals surface area contributed by atoms with Crippen LogP contribution in [0.15, 0.2) is 196 Å². The van der Waals surface area contributed by atoms with Gasteiger partial charge in [-0.2, -0.15) is 17.6 Å². The summed E-state index contributed by atoms with van der Waals surface area (Å²) < 4.78 is 63.9. The fraction of sp³-hybridized carbons (Fsp3) is 0.0652. The van der Waals surface area contributed by atoms with Gasteiger partial charge in [-0.3, -0.25) is 4.99 Å². The molecule has 0 saturated heterocycles. The molecule has 0 radical (unpaired) electrons. The Kier molecular flexibility index (Phi) is 8.43. The third kappa shape index (κ3) is 5.99. The largest absolute Gasteiger partial charge is 0.385 e. The Hall–Kier alpha value is -6.38. The predicted octanol–water partition coefficient (Wildman–Crippen LogP) is 9.69. The maximum Gasteiger partial charge on any atom is 0.385 e. The fourth-order valence-electron chi connectivity index (χ4n) is 7.54. The first-order valence-corrected chi connectivity index (χ1v) is 18.0. The average Bonchev–Trinajstić information content (AvgIpc) is 4.03. The van der Waals surface area contributed by atoms with Gasteiger partial charge in [0.1, 0.15) is 5.92 Å². The summed E-state index contributed by atoms with van der Waals surface area (Å²) in [6.45, 7) is 0. The number of allylic oxidation sites excluding steroid dienone is 7. The van der Waals surface area contributed by atoms with Crippen LogP contribution in [-0.2, 0) is 0 Å². The van der Waals surface area contributed by atoms with Gasteiger partial charge in [-0.25, -0.2) is 9.98 Å². The van der Waals surface area contributed by atoms with E-state index in [9.17, 15) is 0 Å². The molecule has 1 atom stereocenters. The Bertz CT molecular complexity index is 2560. The molecule has 9 heteroatoms. The normalized spacial score (nSPS) is 18.2. The first-order chi connectivity index (χ1) is 26.7. The van der Waals surface area contributed by atoms with E-state index in [1.807, 2.05) is 78.9 Å². The van der Waals surface area contributed by atoms with Crippen LogP contribution < -0.4 is 10.7 Å². The second-order valence-corrected chi connectivity index (χ2v) is 13.8. The lowest BCUT2D eigenvalue weighted by Gasteiger charge is -2.32. The lowest BCUT2D eigenvalue weighted by Crippen LogP contribution is -2.46. The van der Waals surface area contributed by atoms with Crippen LogP contribution >= 0.6 is 11.6 Å². The molecular weight excluding hydrogens is 720 g/mol. The van der Waals surface area contributed by atoms with E-state index in [1.165, 1.54) is 6.20 Å². The second kappa shape index (κ2) is 13.5. The van der Waals surface area contributed by atoms with Gasteiger partial charge in [0.2, 0.25) is 0 Å². The van der Waals surface area contributed by atoms with Gasteiger partial charge < -0.3 is 4.98 Å². The highest BCUT2D eigenvalue weighted by atomic mass is 35.5. The molecule has 4 aliphatic heterocycles.